The van der Waals surface area contributed by atoms with Crippen LogP contribution in [0.5, 0.6) is 0 Å². The van der Waals surface area contributed by atoms with Crippen molar-refractivity contribution in [1.82, 2.24) is 5.32 Å². The molecule has 1 nitrogen and oxygen atoms in total. The van der Waals surface area contributed by atoms with Crippen LogP contribution in [0.4, 0.5) is 0 Å². The molecule has 0 bridgehead atoms. The molecule has 0 aliphatic heterocycles. The second-order valence-electron chi connectivity index (χ2n) is 0.555. The van der Waals surface area contributed by atoms with Crippen LogP contribution in [-0.2, 0) is 0 Å². The Balaban J connectivity index is 0. The molecular weight excluding hydrogens is 125 g/mol. The van der Waals surface area contributed by atoms with Gasteiger partial charge in [-0.15, -0.1) is 12.6 Å². The van der Waals surface area contributed by atoms with Crippen LogP contribution in [0, 0.1) is 0 Å². The van der Waals surface area contributed by atoms with Crippen LogP contribution in [-0.4, -0.2) is 40.9 Å². The monoisotopic (exact) mass is 130 g/mol. The normalized spacial score (nSPS) is 5.67. The molecule has 0 saturated heterocycles. The van der Waals surface area contributed by atoms with Gasteiger partial charge in [0.1, 0.15) is 4.32 Å². The minimum Gasteiger partial charge on any atom is -0.374 e. The fourth-order valence-electron chi connectivity index (χ4n) is 0. The molecular formula is C2H5NNaS2. The van der Waals surface area contributed by atoms with Crippen molar-refractivity contribution < 1.29 is 0 Å². The summed E-state index contributed by atoms with van der Waals surface area (Å²) in [6.45, 7) is 0. The summed E-state index contributed by atoms with van der Waals surface area (Å²) in [5.74, 6) is 0. The van der Waals surface area contributed by atoms with E-state index in [0.717, 1.165) is 0 Å². The molecule has 0 atom stereocenters. The summed E-state index contributed by atoms with van der Waals surface area (Å²) in [5.41, 5.74) is 0. The Bertz CT molecular complexity index is 46.8. The molecule has 1 radical (unpaired) electrons. The van der Waals surface area contributed by atoms with Crippen LogP contribution in [0.3, 0.4) is 0 Å². The van der Waals surface area contributed by atoms with Crippen molar-refractivity contribution in [2.75, 3.05) is 7.05 Å². The van der Waals surface area contributed by atoms with Crippen LogP contribution >= 0.6 is 24.8 Å². The van der Waals surface area contributed by atoms with Crippen molar-refractivity contribution in [2.45, 2.75) is 0 Å². The van der Waals surface area contributed by atoms with Gasteiger partial charge in [-0.3, -0.25) is 0 Å². The minimum atomic E-state index is 0. The Morgan fingerprint density at radius 1 is 1.83 bits per heavy atom. The van der Waals surface area contributed by atoms with Crippen molar-refractivity contribution in [3.8, 4) is 0 Å². The van der Waals surface area contributed by atoms with E-state index >= 15 is 0 Å². The van der Waals surface area contributed by atoms with E-state index in [1.807, 2.05) is 0 Å². The molecule has 4 heteroatoms. The molecule has 0 spiro atoms. The first kappa shape index (κ1) is 10.3. The zero-order chi connectivity index (χ0) is 4.28. The van der Waals surface area contributed by atoms with Crippen LogP contribution < -0.4 is 5.32 Å². The maximum Gasteiger partial charge on any atom is 0.130 e. The van der Waals surface area contributed by atoms with E-state index in [4.69, 9.17) is 0 Å². The molecule has 0 fully saturated rings. The average Bonchev–Trinajstić information content (AvgIpc) is 1.38. The smallest absolute Gasteiger partial charge is 0.130 e. The predicted octanol–water partition coefficient (Wildman–Crippen LogP) is 0.0397. The number of thiocarbonyl (C=S) groups is 1. The maximum atomic E-state index is 4.45. The molecule has 0 saturated carbocycles. The van der Waals surface area contributed by atoms with E-state index in [-0.39, 0.29) is 29.6 Å². The fraction of sp³-hybridized carbons (Fsp3) is 0.500. The Morgan fingerprint density at radius 3 is 2.00 bits per heavy atom. The quantitative estimate of drug-likeness (QED) is 0.273. The first-order chi connectivity index (χ1) is 2.27. The Hall–Kier alpha value is 1.24. The second kappa shape index (κ2) is 6.24. The van der Waals surface area contributed by atoms with Gasteiger partial charge in [0.05, 0.1) is 0 Å². The molecule has 0 unspecified atom stereocenters. The Kier molecular flexibility index (Phi) is 10.7. The third-order valence-electron chi connectivity index (χ3n) is 0.214. The summed E-state index contributed by atoms with van der Waals surface area (Å²) >= 11 is 8.17. The molecule has 31 valence electrons. The van der Waals surface area contributed by atoms with Gasteiger partial charge >= 0.3 is 0 Å². The summed E-state index contributed by atoms with van der Waals surface area (Å²) in [6.07, 6.45) is 0. The van der Waals surface area contributed by atoms with Crippen molar-refractivity contribution >= 4 is 58.7 Å². The molecule has 0 aliphatic carbocycles. The number of hydrogen-bond acceptors (Lipinski definition) is 1. The van der Waals surface area contributed by atoms with E-state index in [9.17, 15) is 0 Å². The predicted molar refractivity (Wildman–Crippen MR) is 36.4 cm³/mol. The molecule has 0 heterocycles. The maximum absolute atomic E-state index is 4.45. The summed E-state index contributed by atoms with van der Waals surface area (Å²) in [4.78, 5) is 0. The van der Waals surface area contributed by atoms with Gasteiger partial charge in [0.15, 0.2) is 0 Å². The van der Waals surface area contributed by atoms with Gasteiger partial charge in [-0.25, -0.2) is 0 Å². The van der Waals surface area contributed by atoms with Gasteiger partial charge in [0, 0.05) is 36.6 Å². The molecule has 0 amide bonds. The van der Waals surface area contributed by atoms with Crippen molar-refractivity contribution in [2.24, 2.45) is 0 Å². The van der Waals surface area contributed by atoms with Gasteiger partial charge in [-0.2, -0.15) is 0 Å². The van der Waals surface area contributed by atoms with Gasteiger partial charge < -0.3 is 5.32 Å². The van der Waals surface area contributed by atoms with Crippen LogP contribution in [0.15, 0.2) is 0 Å². The van der Waals surface area contributed by atoms with E-state index in [0.29, 0.717) is 4.32 Å². The van der Waals surface area contributed by atoms with Crippen LogP contribution in [0.25, 0.3) is 0 Å². The van der Waals surface area contributed by atoms with Crippen molar-refractivity contribution in [3.05, 3.63) is 0 Å². The first-order valence-electron chi connectivity index (χ1n) is 1.18. The van der Waals surface area contributed by atoms with E-state index in [1.165, 1.54) is 0 Å². The van der Waals surface area contributed by atoms with Crippen molar-refractivity contribution in [1.29, 1.82) is 0 Å². The van der Waals surface area contributed by atoms with E-state index < -0.39 is 0 Å². The molecule has 0 aromatic carbocycles. The molecule has 0 rings (SSSR count). The number of thiol groups is 1. The molecule has 6 heavy (non-hydrogen) atoms. The Labute approximate surface area is 70.6 Å². The van der Waals surface area contributed by atoms with Crippen molar-refractivity contribution in [3.63, 3.8) is 0 Å². The van der Waals surface area contributed by atoms with Crippen LogP contribution in [0.1, 0.15) is 0 Å². The zero-order valence-corrected chi connectivity index (χ0v) is 7.57. The molecule has 0 aromatic heterocycles. The first-order valence-corrected chi connectivity index (χ1v) is 2.03. The third kappa shape index (κ3) is 8.97. The Morgan fingerprint density at radius 2 is 2.00 bits per heavy atom. The minimum absolute atomic E-state index is 0. The van der Waals surface area contributed by atoms with Gasteiger partial charge in [0.25, 0.3) is 0 Å². The number of hydrogen-bond donors (Lipinski definition) is 2. The largest absolute Gasteiger partial charge is 0.374 e. The number of rotatable bonds is 0. The summed E-state index contributed by atoms with van der Waals surface area (Å²) in [6, 6.07) is 0. The van der Waals surface area contributed by atoms with Gasteiger partial charge in [-0.1, -0.05) is 12.2 Å². The van der Waals surface area contributed by atoms with E-state index in [2.05, 4.69) is 30.2 Å². The van der Waals surface area contributed by atoms with Gasteiger partial charge in [-0.05, 0) is 0 Å². The average molecular weight is 130 g/mol. The SMILES string of the molecule is CNC(=S)S.[Na]. The molecule has 0 aliphatic rings. The number of nitrogens with one attached hydrogen (secondary N) is 1. The topological polar surface area (TPSA) is 12.0 Å². The fourth-order valence-corrected chi connectivity index (χ4v) is 0. The van der Waals surface area contributed by atoms with E-state index in [1.54, 1.807) is 7.05 Å². The summed E-state index contributed by atoms with van der Waals surface area (Å²) in [5, 5.41) is 2.62. The summed E-state index contributed by atoms with van der Waals surface area (Å²) in [7, 11) is 1.73. The standard InChI is InChI=1S/C2H5NS2.Na/c1-3-2(4)5;/h1H3,(H2,3,4,5);. The zero-order valence-electron chi connectivity index (χ0n) is 3.86. The van der Waals surface area contributed by atoms with Gasteiger partial charge in [0.2, 0.25) is 0 Å². The molecule has 0 aromatic rings. The second-order valence-corrected chi connectivity index (χ2v) is 1.71. The molecule has 1 N–H and O–H groups in total. The third-order valence-corrected chi connectivity index (χ3v) is 0.642. The summed E-state index contributed by atoms with van der Waals surface area (Å²) < 4.78 is 0.532. The van der Waals surface area contributed by atoms with Crippen LogP contribution in [0.2, 0.25) is 0 Å².